The molecular formula is C21H14F3IN2O3. The Morgan fingerprint density at radius 2 is 1.93 bits per heavy atom. The van der Waals surface area contributed by atoms with E-state index in [9.17, 15) is 22.8 Å². The van der Waals surface area contributed by atoms with Gasteiger partial charge in [-0.25, -0.2) is 4.39 Å². The highest BCUT2D eigenvalue weighted by molar-refractivity contribution is 14.1. The van der Waals surface area contributed by atoms with Crippen molar-refractivity contribution in [3.8, 4) is 0 Å². The Morgan fingerprint density at radius 1 is 1.17 bits per heavy atom. The van der Waals surface area contributed by atoms with Gasteiger partial charge in [-0.2, -0.15) is 8.78 Å². The summed E-state index contributed by atoms with van der Waals surface area (Å²) in [5.74, 6) is -5.81. The number of hydrogen-bond acceptors (Lipinski definition) is 3. The maximum Gasteiger partial charge on any atom is 0.353 e. The van der Waals surface area contributed by atoms with Crippen molar-refractivity contribution in [2.45, 2.75) is 19.0 Å². The number of fused-ring (bicyclic) bond motifs is 1. The van der Waals surface area contributed by atoms with E-state index in [1.54, 1.807) is 40.8 Å². The highest BCUT2D eigenvalue weighted by atomic mass is 127. The van der Waals surface area contributed by atoms with Crippen LogP contribution in [0.1, 0.15) is 27.2 Å². The lowest BCUT2D eigenvalue weighted by Gasteiger charge is -2.18. The van der Waals surface area contributed by atoms with Crippen LogP contribution in [0.5, 0.6) is 0 Å². The Labute approximate surface area is 183 Å². The van der Waals surface area contributed by atoms with Gasteiger partial charge >= 0.3 is 11.8 Å². The Hall–Kier alpha value is -2.82. The van der Waals surface area contributed by atoms with Crippen molar-refractivity contribution in [1.82, 2.24) is 5.32 Å². The van der Waals surface area contributed by atoms with Crippen LogP contribution in [0.4, 0.5) is 18.9 Å². The number of furan rings is 1. The van der Waals surface area contributed by atoms with E-state index in [-0.39, 0.29) is 33.5 Å². The first-order valence-corrected chi connectivity index (χ1v) is 9.94. The molecule has 0 aliphatic carbocycles. The summed E-state index contributed by atoms with van der Waals surface area (Å²) in [5, 5.41) is 2.64. The second-order valence-electron chi connectivity index (χ2n) is 6.67. The van der Waals surface area contributed by atoms with Crippen LogP contribution in [0.25, 0.3) is 0 Å². The molecule has 154 valence electrons. The number of nitrogens with zero attached hydrogens (tertiary/aromatic N) is 1. The molecule has 3 aromatic rings. The summed E-state index contributed by atoms with van der Waals surface area (Å²) in [6.07, 6.45) is 1.47. The Balaban J connectivity index is 1.69. The molecule has 0 fully saturated rings. The number of amides is 2. The zero-order chi connectivity index (χ0) is 21.5. The van der Waals surface area contributed by atoms with Crippen LogP contribution in [0.15, 0.2) is 59.2 Å². The fourth-order valence-corrected chi connectivity index (χ4v) is 4.22. The van der Waals surface area contributed by atoms with Crippen molar-refractivity contribution in [2.75, 3.05) is 4.90 Å². The van der Waals surface area contributed by atoms with Gasteiger partial charge in [-0.1, -0.05) is 18.2 Å². The summed E-state index contributed by atoms with van der Waals surface area (Å²) < 4.78 is 48.7. The number of carbonyl (C=O) groups is 2. The molecule has 0 bridgehead atoms. The van der Waals surface area contributed by atoms with E-state index in [0.29, 0.717) is 5.76 Å². The SMILES string of the molecule is O=C(NCc1ccco1)c1cc(I)c2c(c1)N(Cc1ccccc1F)C(=O)C2(F)F. The fourth-order valence-electron chi connectivity index (χ4n) is 3.27. The first-order valence-electron chi connectivity index (χ1n) is 8.87. The molecule has 0 unspecified atom stereocenters. The lowest BCUT2D eigenvalue weighted by Crippen LogP contribution is -2.34. The van der Waals surface area contributed by atoms with Crippen LogP contribution < -0.4 is 10.2 Å². The highest BCUT2D eigenvalue weighted by Gasteiger charge is 2.54. The summed E-state index contributed by atoms with van der Waals surface area (Å²) >= 11 is 1.68. The second-order valence-corrected chi connectivity index (χ2v) is 7.83. The first kappa shape index (κ1) is 20.5. The maximum atomic E-state index is 14.7. The molecule has 1 N–H and O–H groups in total. The highest BCUT2D eigenvalue weighted by Crippen LogP contribution is 2.47. The average molecular weight is 526 g/mol. The van der Waals surface area contributed by atoms with Crippen LogP contribution in [-0.4, -0.2) is 11.8 Å². The van der Waals surface area contributed by atoms with Gasteiger partial charge in [0.1, 0.15) is 11.6 Å². The van der Waals surface area contributed by atoms with Crippen LogP contribution in [0, 0.1) is 9.39 Å². The predicted octanol–water partition coefficient (Wildman–Crippen LogP) is 4.59. The fraction of sp³-hybridized carbons (Fsp3) is 0.143. The third-order valence-electron chi connectivity index (χ3n) is 4.74. The van der Waals surface area contributed by atoms with Gasteiger partial charge in [-0.3, -0.25) is 9.59 Å². The van der Waals surface area contributed by atoms with Gasteiger partial charge in [-0.15, -0.1) is 0 Å². The number of halogens is 4. The van der Waals surface area contributed by atoms with Crippen LogP contribution in [-0.2, 0) is 23.8 Å². The third-order valence-corrected chi connectivity index (χ3v) is 5.59. The molecule has 1 aromatic heterocycles. The monoisotopic (exact) mass is 526 g/mol. The van der Waals surface area contributed by atoms with Crippen molar-refractivity contribution in [1.29, 1.82) is 0 Å². The van der Waals surface area contributed by atoms with E-state index in [1.807, 2.05) is 0 Å². The summed E-state index contributed by atoms with van der Waals surface area (Å²) in [5.41, 5.74) is -0.388. The average Bonchev–Trinajstić information content (AvgIpc) is 3.29. The lowest BCUT2D eigenvalue weighted by molar-refractivity contribution is -0.141. The van der Waals surface area contributed by atoms with Crippen molar-refractivity contribution in [2.24, 2.45) is 0 Å². The molecule has 1 aliphatic rings. The quantitative estimate of drug-likeness (QED) is 0.495. The standard InChI is InChI=1S/C21H14F3IN2O3/c22-15-6-2-1-4-12(15)11-27-17-9-13(19(28)26-10-14-5-3-7-30-14)8-16(25)18(17)21(23,24)20(27)29/h1-9H,10-11H2,(H,26,28). The number of alkyl halides is 2. The van der Waals surface area contributed by atoms with E-state index in [1.165, 1.54) is 36.6 Å². The van der Waals surface area contributed by atoms with Gasteiger partial charge in [-0.05, 0) is 52.9 Å². The maximum absolute atomic E-state index is 14.7. The molecule has 5 nitrogen and oxygen atoms in total. The van der Waals surface area contributed by atoms with Crippen molar-refractivity contribution in [3.63, 3.8) is 0 Å². The molecule has 30 heavy (non-hydrogen) atoms. The Morgan fingerprint density at radius 3 is 2.63 bits per heavy atom. The number of carbonyl (C=O) groups excluding carboxylic acids is 2. The molecule has 9 heteroatoms. The van der Waals surface area contributed by atoms with E-state index in [2.05, 4.69) is 5.32 Å². The first-order chi connectivity index (χ1) is 14.3. The smallest absolute Gasteiger partial charge is 0.353 e. The summed E-state index contributed by atoms with van der Waals surface area (Å²) in [6.45, 7) is -0.255. The van der Waals surface area contributed by atoms with Crippen LogP contribution in [0.2, 0.25) is 0 Å². The number of rotatable bonds is 5. The molecule has 2 heterocycles. The van der Waals surface area contributed by atoms with Crippen molar-refractivity contribution >= 4 is 40.1 Å². The number of hydrogen-bond donors (Lipinski definition) is 1. The molecule has 2 aromatic carbocycles. The van der Waals surface area contributed by atoms with Crippen LogP contribution in [0.3, 0.4) is 0 Å². The molecular weight excluding hydrogens is 512 g/mol. The van der Waals surface area contributed by atoms with Gasteiger partial charge < -0.3 is 14.6 Å². The van der Waals surface area contributed by atoms with Gasteiger partial charge in [0.15, 0.2) is 0 Å². The second kappa shape index (κ2) is 7.78. The van der Waals surface area contributed by atoms with Gasteiger partial charge in [0.2, 0.25) is 0 Å². The minimum atomic E-state index is -3.76. The molecule has 2 amide bonds. The minimum absolute atomic E-state index is 0.0719. The zero-order valence-electron chi connectivity index (χ0n) is 15.3. The molecule has 0 radical (unpaired) electrons. The van der Waals surface area contributed by atoms with E-state index >= 15 is 0 Å². The third kappa shape index (κ3) is 3.57. The molecule has 0 atom stereocenters. The van der Waals surface area contributed by atoms with E-state index in [0.717, 1.165) is 4.90 Å². The molecule has 0 saturated carbocycles. The molecule has 1 aliphatic heterocycles. The van der Waals surface area contributed by atoms with Crippen molar-refractivity contribution < 1.29 is 27.2 Å². The number of benzene rings is 2. The number of nitrogens with one attached hydrogen (secondary N) is 1. The minimum Gasteiger partial charge on any atom is -0.467 e. The lowest BCUT2D eigenvalue weighted by atomic mass is 10.1. The van der Waals surface area contributed by atoms with Gasteiger partial charge in [0.25, 0.3) is 5.91 Å². The summed E-state index contributed by atoms with van der Waals surface area (Å²) in [6, 6.07) is 11.5. The van der Waals surface area contributed by atoms with Gasteiger partial charge in [0, 0.05) is 14.7 Å². The predicted molar refractivity (Wildman–Crippen MR) is 111 cm³/mol. The largest absolute Gasteiger partial charge is 0.467 e. The molecule has 0 saturated heterocycles. The molecule has 4 rings (SSSR count). The molecule has 0 spiro atoms. The topological polar surface area (TPSA) is 62.6 Å². The van der Waals surface area contributed by atoms with Crippen molar-refractivity contribution in [3.05, 3.63) is 86.6 Å². The van der Waals surface area contributed by atoms with E-state index < -0.39 is 29.1 Å². The summed E-state index contributed by atoms with van der Waals surface area (Å²) in [7, 11) is 0. The normalized spacial score (nSPS) is 14.7. The Kier molecular flexibility index (Phi) is 5.31. The van der Waals surface area contributed by atoms with Crippen LogP contribution >= 0.6 is 22.6 Å². The number of anilines is 1. The summed E-state index contributed by atoms with van der Waals surface area (Å²) in [4.78, 5) is 25.8. The van der Waals surface area contributed by atoms with E-state index in [4.69, 9.17) is 4.42 Å². The zero-order valence-corrected chi connectivity index (χ0v) is 17.5. The van der Waals surface area contributed by atoms with Gasteiger partial charge in [0.05, 0.1) is 30.6 Å². The Bertz CT molecular complexity index is 1130.